The fraction of sp³-hybridized carbons (Fsp3) is 0.308. The average Bonchev–Trinajstić information content (AvgIpc) is 2.83. The molecule has 2 aromatic heterocycles. The minimum absolute atomic E-state index is 0.271. The van der Waals surface area contributed by atoms with Gasteiger partial charge in [0.1, 0.15) is 5.69 Å². The van der Waals surface area contributed by atoms with Gasteiger partial charge in [0.2, 0.25) is 0 Å². The molecule has 0 aromatic carbocycles. The van der Waals surface area contributed by atoms with Crippen molar-refractivity contribution in [2.75, 3.05) is 0 Å². The molecule has 0 amide bonds. The Morgan fingerprint density at radius 2 is 2.28 bits per heavy atom. The number of hydrogen-bond donors (Lipinski definition) is 0. The summed E-state index contributed by atoms with van der Waals surface area (Å²) in [5.74, 6) is 0. The molecule has 2 heterocycles. The van der Waals surface area contributed by atoms with Gasteiger partial charge in [-0.3, -0.25) is 14.5 Å². The predicted molar refractivity (Wildman–Crippen MR) is 73.5 cm³/mol. The topological polar surface area (TPSA) is 47.8 Å². The maximum atomic E-state index is 11.1. The standard InChI is InChI=1S/C13H14BrN3O/c1-3-9(2)17-7-10(8-18)13(16-17)12-5-4-11(14)6-15-12/h4-9H,3H2,1-2H3. The van der Waals surface area contributed by atoms with E-state index in [2.05, 4.69) is 39.9 Å². The van der Waals surface area contributed by atoms with E-state index in [0.717, 1.165) is 17.2 Å². The summed E-state index contributed by atoms with van der Waals surface area (Å²) in [6.45, 7) is 4.16. The van der Waals surface area contributed by atoms with E-state index in [1.807, 2.05) is 16.8 Å². The highest BCUT2D eigenvalue weighted by atomic mass is 79.9. The molecule has 0 radical (unpaired) electrons. The number of rotatable bonds is 4. The lowest BCUT2D eigenvalue weighted by Crippen LogP contribution is -2.04. The maximum Gasteiger partial charge on any atom is 0.153 e. The zero-order valence-corrected chi connectivity index (χ0v) is 11.9. The molecule has 0 bridgehead atoms. The largest absolute Gasteiger partial charge is 0.298 e. The molecule has 0 spiro atoms. The molecule has 0 N–H and O–H groups in total. The van der Waals surface area contributed by atoms with Crippen LogP contribution in [-0.2, 0) is 0 Å². The first-order valence-electron chi connectivity index (χ1n) is 5.82. The molecule has 0 aliphatic heterocycles. The van der Waals surface area contributed by atoms with Crippen molar-refractivity contribution in [1.82, 2.24) is 14.8 Å². The molecule has 2 aromatic rings. The minimum Gasteiger partial charge on any atom is -0.298 e. The van der Waals surface area contributed by atoms with Crippen molar-refractivity contribution in [3.05, 3.63) is 34.6 Å². The van der Waals surface area contributed by atoms with Crippen molar-refractivity contribution >= 4 is 22.2 Å². The second kappa shape index (κ2) is 5.44. The van der Waals surface area contributed by atoms with E-state index in [1.165, 1.54) is 0 Å². The summed E-state index contributed by atoms with van der Waals surface area (Å²) in [4.78, 5) is 15.4. The van der Waals surface area contributed by atoms with Crippen molar-refractivity contribution in [2.24, 2.45) is 0 Å². The molecule has 0 saturated carbocycles. The van der Waals surface area contributed by atoms with E-state index in [0.29, 0.717) is 17.0 Å². The number of halogens is 1. The zero-order chi connectivity index (χ0) is 13.1. The Hall–Kier alpha value is -1.49. The first-order valence-corrected chi connectivity index (χ1v) is 6.61. The van der Waals surface area contributed by atoms with Gasteiger partial charge in [-0.1, -0.05) is 6.92 Å². The van der Waals surface area contributed by atoms with E-state index in [-0.39, 0.29) is 6.04 Å². The van der Waals surface area contributed by atoms with Gasteiger partial charge in [-0.05, 0) is 41.4 Å². The van der Waals surface area contributed by atoms with Crippen LogP contribution in [0.5, 0.6) is 0 Å². The third-order valence-electron chi connectivity index (χ3n) is 2.90. The van der Waals surface area contributed by atoms with E-state index < -0.39 is 0 Å². The highest BCUT2D eigenvalue weighted by Crippen LogP contribution is 2.22. The monoisotopic (exact) mass is 307 g/mol. The highest BCUT2D eigenvalue weighted by molar-refractivity contribution is 9.10. The van der Waals surface area contributed by atoms with Gasteiger partial charge in [0.05, 0.1) is 11.3 Å². The lowest BCUT2D eigenvalue weighted by Gasteiger charge is -2.07. The Labute approximate surface area is 114 Å². The predicted octanol–water partition coefficient (Wildman–Crippen LogP) is 3.49. The van der Waals surface area contributed by atoms with E-state index in [1.54, 1.807) is 12.4 Å². The van der Waals surface area contributed by atoms with Gasteiger partial charge in [0.25, 0.3) is 0 Å². The summed E-state index contributed by atoms with van der Waals surface area (Å²) in [7, 11) is 0. The summed E-state index contributed by atoms with van der Waals surface area (Å²) in [5.41, 5.74) is 1.92. The lowest BCUT2D eigenvalue weighted by atomic mass is 10.2. The van der Waals surface area contributed by atoms with Crippen LogP contribution in [0.1, 0.15) is 36.7 Å². The molecule has 0 aliphatic rings. The van der Waals surface area contributed by atoms with Crippen LogP contribution < -0.4 is 0 Å². The van der Waals surface area contributed by atoms with Crippen LogP contribution in [0.2, 0.25) is 0 Å². The molecule has 4 nitrogen and oxygen atoms in total. The van der Waals surface area contributed by atoms with E-state index >= 15 is 0 Å². The Morgan fingerprint density at radius 3 is 2.83 bits per heavy atom. The average molecular weight is 308 g/mol. The maximum absolute atomic E-state index is 11.1. The van der Waals surface area contributed by atoms with Gasteiger partial charge in [0, 0.05) is 22.9 Å². The Bertz CT molecular complexity index is 548. The minimum atomic E-state index is 0.271. The number of pyridine rings is 1. The van der Waals surface area contributed by atoms with Gasteiger partial charge < -0.3 is 0 Å². The molecule has 2 rings (SSSR count). The molecular weight excluding hydrogens is 294 g/mol. The SMILES string of the molecule is CCC(C)n1cc(C=O)c(-c2ccc(Br)cn2)n1. The second-order valence-electron chi connectivity index (χ2n) is 4.15. The molecule has 1 atom stereocenters. The number of hydrogen-bond acceptors (Lipinski definition) is 3. The van der Waals surface area contributed by atoms with Gasteiger partial charge in [0.15, 0.2) is 6.29 Å². The quantitative estimate of drug-likeness (QED) is 0.812. The molecule has 0 aliphatic carbocycles. The summed E-state index contributed by atoms with van der Waals surface area (Å²) >= 11 is 3.34. The van der Waals surface area contributed by atoms with Gasteiger partial charge >= 0.3 is 0 Å². The fourth-order valence-corrected chi connectivity index (χ4v) is 1.85. The van der Waals surface area contributed by atoms with Crippen LogP contribution in [0.4, 0.5) is 0 Å². The molecule has 5 heteroatoms. The number of carbonyl (C=O) groups excluding carboxylic acids is 1. The molecular formula is C13H14BrN3O. The fourth-order valence-electron chi connectivity index (χ4n) is 1.62. The van der Waals surface area contributed by atoms with Crippen molar-refractivity contribution < 1.29 is 4.79 Å². The highest BCUT2D eigenvalue weighted by Gasteiger charge is 2.14. The van der Waals surface area contributed by atoms with Crippen LogP contribution in [0.3, 0.4) is 0 Å². The number of aldehydes is 1. The Morgan fingerprint density at radius 1 is 1.50 bits per heavy atom. The number of nitrogens with zero attached hydrogens (tertiary/aromatic N) is 3. The molecule has 0 saturated heterocycles. The smallest absolute Gasteiger partial charge is 0.153 e. The molecule has 18 heavy (non-hydrogen) atoms. The van der Waals surface area contributed by atoms with E-state index in [9.17, 15) is 4.79 Å². The van der Waals surface area contributed by atoms with E-state index in [4.69, 9.17) is 0 Å². The second-order valence-corrected chi connectivity index (χ2v) is 5.07. The van der Waals surface area contributed by atoms with Crippen LogP contribution in [0, 0.1) is 0 Å². The van der Waals surface area contributed by atoms with Crippen molar-refractivity contribution in [3.63, 3.8) is 0 Å². The number of carbonyl (C=O) groups is 1. The van der Waals surface area contributed by atoms with Gasteiger partial charge in [-0.2, -0.15) is 5.10 Å². The van der Waals surface area contributed by atoms with Crippen LogP contribution in [-0.4, -0.2) is 21.1 Å². The molecule has 94 valence electrons. The lowest BCUT2D eigenvalue weighted by molar-refractivity contribution is 0.112. The van der Waals surface area contributed by atoms with Crippen molar-refractivity contribution in [1.29, 1.82) is 0 Å². The summed E-state index contributed by atoms with van der Waals surface area (Å²) in [5, 5.41) is 4.46. The Kier molecular flexibility index (Phi) is 3.91. The van der Waals surface area contributed by atoms with Crippen molar-refractivity contribution in [3.8, 4) is 11.4 Å². The summed E-state index contributed by atoms with van der Waals surface area (Å²) < 4.78 is 2.73. The zero-order valence-electron chi connectivity index (χ0n) is 10.3. The van der Waals surface area contributed by atoms with Crippen LogP contribution >= 0.6 is 15.9 Å². The van der Waals surface area contributed by atoms with Crippen LogP contribution in [0.25, 0.3) is 11.4 Å². The third-order valence-corrected chi connectivity index (χ3v) is 3.37. The third kappa shape index (κ3) is 2.51. The first kappa shape index (κ1) is 13.0. The molecule has 0 fully saturated rings. The van der Waals surface area contributed by atoms with Crippen LogP contribution in [0.15, 0.2) is 29.0 Å². The van der Waals surface area contributed by atoms with Gasteiger partial charge in [-0.25, -0.2) is 0 Å². The van der Waals surface area contributed by atoms with Crippen molar-refractivity contribution in [2.45, 2.75) is 26.3 Å². The Balaban J connectivity index is 2.46. The number of aromatic nitrogens is 3. The van der Waals surface area contributed by atoms with Gasteiger partial charge in [-0.15, -0.1) is 0 Å². The summed E-state index contributed by atoms with van der Waals surface area (Å²) in [6.07, 6.45) is 5.27. The first-order chi connectivity index (χ1) is 8.65. The normalized spacial score (nSPS) is 12.4. The molecule has 1 unspecified atom stereocenters. The summed E-state index contributed by atoms with van der Waals surface area (Å²) in [6, 6.07) is 4.01.